The van der Waals surface area contributed by atoms with Gasteiger partial charge in [-0.15, -0.1) is 0 Å². The molecule has 0 aliphatic rings. The lowest BCUT2D eigenvalue weighted by molar-refractivity contribution is 0.161. The average molecular weight is 192 g/mol. The third-order valence-corrected chi connectivity index (χ3v) is 2.72. The molecule has 0 bridgehead atoms. The van der Waals surface area contributed by atoms with Crippen LogP contribution >= 0.6 is 0 Å². The standard InChI is InChI=1S/C13H20O/c1-11(13(2,3)4)10-14-12-8-6-5-7-9-12/h5-9,11H,10H2,1-4H3. The van der Waals surface area contributed by atoms with Crippen molar-refractivity contribution < 1.29 is 4.74 Å². The second kappa shape index (κ2) is 4.50. The van der Waals surface area contributed by atoms with E-state index in [0.29, 0.717) is 11.3 Å². The van der Waals surface area contributed by atoms with Crippen molar-refractivity contribution in [3.63, 3.8) is 0 Å². The lowest BCUT2D eigenvalue weighted by atomic mass is 9.83. The summed E-state index contributed by atoms with van der Waals surface area (Å²) in [6.07, 6.45) is 0. The summed E-state index contributed by atoms with van der Waals surface area (Å²) in [4.78, 5) is 0. The summed E-state index contributed by atoms with van der Waals surface area (Å²) in [6.45, 7) is 9.74. The van der Waals surface area contributed by atoms with Crippen molar-refractivity contribution in [2.45, 2.75) is 27.7 Å². The minimum absolute atomic E-state index is 0.314. The molecule has 0 amide bonds. The van der Waals surface area contributed by atoms with Crippen LogP contribution in [0.5, 0.6) is 5.75 Å². The van der Waals surface area contributed by atoms with Gasteiger partial charge in [-0.1, -0.05) is 45.9 Å². The van der Waals surface area contributed by atoms with Crippen molar-refractivity contribution in [1.29, 1.82) is 0 Å². The van der Waals surface area contributed by atoms with Gasteiger partial charge in [0, 0.05) is 0 Å². The Bertz CT molecular complexity index is 258. The van der Waals surface area contributed by atoms with E-state index in [1.807, 2.05) is 30.3 Å². The molecule has 14 heavy (non-hydrogen) atoms. The largest absolute Gasteiger partial charge is 0.493 e. The van der Waals surface area contributed by atoms with E-state index < -0.39 is 0 Å². The molecule has 0 fully saturated rings. The van der Waals surface area contributed by atoms with Gasteiger partial charge in [-0.25, -0.2) is 0 Å². The summed E-state index contributed by atoms with van der Waals surface area (Å²) in [7, 11) is 0. The Morgan fingerprint density at radius 3 is 2.21 bits per heavy atom. The molecule has 78 valence electrons. The van der Waals surface area contributed by atoms with Crippen LogP contribution < -0.4 is 4.74 Å². The predicted molar refractivity (Wildman–Crippen MR) is 60.6 cm³/mol. The molecule has 0 saturated carbocycles. The van der Waals surface area contributed by atoms with Gasteiger partial charge >= 0.3 is 0 Å². The molecular formula is C13H20O. The first-order valence-corrected chi connectivity index (χ1v) is 5.18. The molecule has 0 saturated heterocycles. The van der Waals surface area contributed by atoms with E-state index in [2.05, 4.69) is 27.7 Å². The Balaban J connectivity index is 2.42. The summed E-state index contributed by atoms with van der Waals surface area (Å²) in [5, 5.41) is 0. The van der Waals surface area contributed by atoms with Crippen LogP contribution in [0.15, 0.2) is 30.3 Å². The van der Waals surface area contributed by atoms with Gasteiger partial charge in [0.2, 0.25) is 0 Å². The molecule has 1 rings (SSSR count). The number of benzene rings is 1. The Morgan fingerprint density at radius 2 is 1.71 bits per heavy atom. The van der Waals surface area contributed by atoms with Crippen LogP contribution in [0.25, 0.3) is 0 Å². The normalized spacial score (nSPS) is 13.7. The van der Waals surface area contributed by atoms with E-state index in [1.54, 1.807) is 0 Å². The molecule has 1 nitrogen and oxygen atoms in total. The van der Waals surface area contributed by atoms with Gasteiger partial charge in [0.05, 0.1) is 6.61 Å². The first-order valence-electron chi connectivity index (χ1n) is 5.18. The second-order valence-electron chi connectivity index (χ2n) is 4.89. The van der Waals surface area contributed by atoms with Crippen molar-refractivity contribution in [1.82, 2.24) is 0 Å². The molecular weight excluding hydrogens is 172 g/mol. The number of para-hydroxylation sites is 1. The minimum Gasteiger partial charge on any atom is -0.493 e. The lowest BCUT2D eigenvalue weighted by Crippen LogP contribution is -2.23. The van der Waals surface area contributed by atoms with Crippen molar-refractivity contribution in [3.8, 4) is 5.75 Å². The Kier molecular flexibility index (Phi) is 3.56. The first kappa shape index (κ1) is 11.1. The molecule has 1 atom stereocenters. The first-order chi connectivity index (χ1) is 6.50. The number of rotatable bonds is 3. The molecule has 1 heteroatoms. The monoisotopic (exact) mass is 192 g/mol. The summed E-state index contributed by atoms with van der Waals surface area (Å²) >= 11 is 0. The molecule has 1 aromatic rings. The van der Waals surface area contributed by atoms with Crippen molar-refractivity contribution in [3.05, 3.63) is 30.3 Å². The maximum Gasteiger partial charge on any atom is 0.119 e. The van der Waals surface area contributed by atoms with Crippen LogP contribution in [0.4, 0.5) is 0 Å². The minimum atomic E-state index is 0.314. The predicted octanol–water partition coefficient (Wildman–Crippen LogP) is 3.75. The second-order valence-corrected chi connectivity index (χ2v) is 4.89. The molecule has 0 aliphatic carbocycles. The fraction of sp³-hybridized carbons (Fsp3) is 0.538. The molecule has 0 heterocycles. The molecule has 0 radical (unpaired) electrons. The topological polar surface area (TPSA) is 9.23 Å². The van der Waals surface area contributed by atoms with Crippen LogP contribution in [0.3, 0.4) is 0 Å². The van der Waals surface area contributed by atoms with Crippen LogP contribution in [0.2, 0.25) is 0 Å². The molecule has 0 aliphatic heterocycles. The lowest BCUT2D eigenvalue weighted by Gasteiger charge is -2.27. The zero-order chi connectivity index (χ0) is 10.6. The van der Waals surface area contributed by atoms with Crippen LogP contribution in [-0.2, 0) is 0 Å². The quantitative estimate of drug-likeness (QED) is 0.708. The fourth-order valence-electron chi connectivity index (χ4n) is 0.988. The fourth-order valence-corrected chi connectivity index (χ4v) is 0.988. The molecule has 0 aromatic heterocycles. The van der Waals surface area contributed by atoms with Gasteiger partial charge in [0.15, 0.2) is 0 Å². The average Bonchev–Trinajstić information content (AvgIpc) is 2.14. The number of hydrogen-bond acceptors (Lipinski definition) is 1. The molecule has 1 aromatic carbocycles. The van der Waals surface area contributed by atoms with Gasteiger partial charge in [0.1, 0.15) is 5.75 Å². The zero-order valence-electron chi connectivity index (χ0n) is 9.58. The Morgan fingerprint density at radius 1 is 1.14 bits per heavy atom. The maximum atomic E-state index is 5.69. The highest BCUT2D eigenvalue weighted by molar-refractivity contribution is 5.20. The maximum absolute atomic E-state index is 5.69. The van der Waals surface area contributed by atoms with Crippen molar-refractivity contribution in [2.24, 2.45) is 11.3 Å². The van der Waals surface area contributed by atoms with E-state index in [4.69, 9.17) is 4.74 Å². The van der Waals surface area contributed by atoms with Gasteiger partial charge < -0.3 is 4.74 Å². The van der Waals surface area contributed by atoms with E-state index in [9.17, 15) is 0 Å². The third kappa shape index (κ3) is 3.41. The van der Waals surface area contributed by atoms with Crippen LogP contribution in [0, 0.1) is 11.3 Å². The smallest absolute Gasteiger partial charge is 0.119 e. The summed E-state index contributed by atoms with van der Waals surface area (Å²) in [5.74, 6) is 1.52. The van der Waals surface area contributed by atoms with E-state index in [-0.39, 0.29) is 0 Å². The molecule has 0 N–H and O–H groups in total. The van der Waals surface area contributed by atoms with Gasteiger partial charge in [-0.3, -0.25) is 0 Å². The van der Waals surface area contributed by atoms with Gasteiger partial charge in [0.25, 0.3) is 0 Å². The summed E-state index contributed by atoms with van der Waals surface area (Å²) < 4.78 is 5.69. The summed E-state index contributed by atoms with van der Waals surface area (Å²) in [6, 6.07) is 9.99. The van der Waals surface area contributed by atoms with Gasteiger partial charge in [-0.05, 0) is 23.5 Å². The molecule has 0 spiro atoms. The van der Waals surface area contributed by atoms with Crippen LogP contribution in [-0.4, -0.2) is 6.61 Å². The Labute approximate surface area is 87.1 Å². The van der Waals surface area contributed by atoms with E-state index in [1.165, 1.54) is 0 Å². The third-order valence-electron chi connectivity index (χ3n) is 2.72. The zero-order valence-corrected chi connectivity index (χ0v) is 9.58. The van der Waals surface area contributed by atoms with Gasteiger partial charge in [-0.2, -0.15) is 0 Å². The summed E-state index contributed by atoms with van der Waals surface area (Å²) in [5.41, 5.74) is 0.314. The Hall–Kier alpha value is -0.980. The number of ether oxygens (including phenoxy) is 1. The van der Waals surface area contributed by atoms with Crippen molar-refractivity contribution >= 4 is 0 Å². The van der Waals surface area contributed by atoms with E-state index in [0.717, 1.165) is 12.4 Å². The van der Waals surface area contributed by atoms with Crippen LogP contribution in [0.1, 0.15) is 27.7 Å². The van der Waals surface area contributed by atoms with E-state index >= 15 is 0 Å². The number of hydrogen-bond donors (Lipinski definition) is 0. The highest BCUT2D eigenvalue weighted by Gasteiger charge is 2.20. The highest BCUT2D eigenvalue weighted by Crippen LogP contribution is 2.25. The highest BCUT2D eigenvalue weighted by atomic mass is 16.5. The molecule has 1 unspecified atom stereocenters. The van der Waals surface area contributed by atoms with Crippen molar-refractivity contribution in [2.75, 3.05) is 6.61 Å². The SMILES string of the molecule is CC(COc1ccccc1)C(C)(C)C.